The Balaban J connectivity index is 2.74. The van der Waals surface area contributed by atoms with Crippen LogP contribution in [-0.4, -0.2) is 24.0 Å². The van der Waals surface area contributed by atoms with Crippen molar-refractivity contribution in [3.8, 4) is 0 Å². The number of benzene rings is 1. The van der Waals surface area contributed by atoms with E-state index in [1.54, 1.807) is 45.0 Å². The van der Waals surface area contributed by atoms with Gasteiger partial charge < -0.3 is 21.5 Å². The zero-order valence-electron chi connectivity index (χ0n) is 12.0. The van der Waals surface area contributed by atoms with E-state index < -0.39 is 17.6 Å². The average Bonchev–Trinajstić information content (AvgIpc) is 2.33. The number of amides is 1. The molecule has 20 heavy (non-hydrogen) atoms. The predicted molar refractivity (Wildman–Crippen MR) is 76.9 cm³/mol. The van der Waals surface area contributed by atoms with Crippen LogP contribution in [0.2, 0.25) is 0 Å². The van der Waals surface area contributed by atoms with E-state index in [4.69, 9.17) is 16.2 Å². The van der Waals surface area contributed by atoms with E-state index in [1.807, 2.05) is 0 Å². The Labute approximate surface area is 118 Å². The SMILES string of the molecule is CC(C)(C)OC(=O)CNc1ccccc1C(N)C(N)=O. The zero-order valence-corrected chi connectivity index (χ0v) is 12.0. The maximum atomic E-state index is 11.6. The molecule has 0 spiro atoms. The van der Waals surface area contributed by atoms with Crippen LogP contribution in [0, 0.1) is 0 Å². The van der Waals surface area contributed by atoms with Crippen molar-refractivity contribution in [2.75, 3.05) is 11.9 Å². The molecule has 0 fully saturated rings. The summed E-state index contributed by atoms with van der Waals surface area (Å²) in [7, 11) is 0. The van der Waals surface area contributed by atoms with E-state index in [0.717, 1.165) is 0 Å². The summed E-state index contributed by atoms with van der Waals surface area (Å²) in [4.78, 5) is 22.8. The summed E-state index contributed by atoms with van der Waals surface area (Å²) in [5.41, 5.74) is 11.5. The molecule has 110 valence electrons. The highest BCUT2D eigenvalue weighted by Gasteiger charge is 2.18. The number of hydrogen-bond acceptors (Lipinski definition) is 5. The first-order chi connectivity index (χ1) is 9.20. The van der Waals surface area contributed by atoms with Crippen LogP contribution in [-0.2, 0) is 14.3 Å². The van der Waals surface area contributed by atoms with Crippen molar-refractivity contribution in [3.63, 3.8) is 0 Å². The van der Waals surface area contributed by atoms with E-state index in [9.17, 15) is 9.59 Å². The highest BCUT2D eigenvalue weighted by molar-refractivity contribution is 5.84. The number of anilines is 1. The van der Waals surface area contributed by atoms with Gasteiger partial charge in [0.2, 0.25) is 5.91 Å². The van der Waals surface area contributed by atoms with Gasteiger partial charge in [-0.25, -0.2) is 0 Å². The van der Waals surface area contributed by atoms with Gasteiger partial charge in [0.05, 0.1) is 0 Å². The molecule has 0 aliphatic carbocycles. The van der Waals surface area contributed by atoms with Crippen molar-refractivity contribution in [1.82, 2.24) is 0 Å². The number of primary amides is 1. The summed E-state index contributed by atoms with van der Waals surface area (Å²) in [6, 6.07) is 6.01. The summed E-state index contributed by atoms with van der Waals surface area (Å²) in [6.07, 6.45) is 0. The predicted octanol–water partition coefficient (Wildman–Crippen LogP) is 0.925. The molecule has 6 heteroatoms. The van der Waals surface area contributed by atoms with Crippen molar-refractivity contribution in [1.29, 1.82) is 0 Å². The Morgan fingerprint density at radius 1 is 1.30 bits per heavy atom. The highest BCUT2D eigenvalue weighted by Crippen LogP contribution is 2.21. The van der Waals surface area contributed by atoms with Gasteiger partial charge in [-0.3, -0.25) is 9.59 Å². The summed E-state index contributed by atoms with van der Waals surface area (Å²) >= 11 is 0. The zero-order chi connectivity index (χ0) is 15.3. The van der Waals surface area contributed by atoms with Crippen molar-refractivity contribution in [2.24, 2.45) is 11.5 Å². The maximum Gasteiger partial charge on any atom is 0.325 e. The summed E-state index contributed by atoms with van der Waals surface area (Å²) in [5.74, 6) is -1.02. The summed E-state index contributed by atoms with van der Waals surface area (Å²) in [5, 5.41) is 2.91. The average molecular weight is 279 g/mol. The molecule has 0 saturated heterocycles. The van der Waals surface area contributed by atoms with Crippen LogP contribution in [0.15, 0.2) is 24.3 Å². The summed E-state index contributed by atoms with van der Waals surface area (Å²) in [6.45, 7) is 5.37. The lowest BCUT2D eigenvalue weighted by molar-refractivity contribution is -0.152. The molecule has 6 nitrogen and oxygen atoms in total. The van der Waals surface area contributed by atoms with Crippen LogP contribution in [0.3, 0.4) is 0 Å². The Bertz CT molecular complexity index is 495. The van der Waals surface area contributed by atoms with Crippen LogP contribution in [0.5, 0.6) is 0 Å². The third-order valence-electron chi connectivity index (χ3n) is 2.45. The quantitative estimate of drug-likeness (QED) is 0.695. The van der Waals surface area contributed by atoms with Gasteiger partial charge in [-0.1, -0.05) is 18.2 Å². The molecule has 1 aromatic rings. The fourth-order valence-electron chi connectivity index (χ4n) is 1.63. The van der Waals surface area contributed by atoms with Crippen molar-refractivity contribution in [2.45, 2.75) is 32.4 Å². The Hall–Kier alpha value is -2.08. The number of para-hydroxylation sites is 1. The lowest BCUT2D eigenvalue weighted by Crippen LogP contribution is -2.30. The van der Waals surface area contributed by atoms with Crippen LogP contribution in [0.1, 0.15) is 32.4 Å². The van der Waals surface area contributed by atoms with Crippen LogP contribution >= 0.6 is 0 Å². The second-order valence-electron chi connectivity index (χ2n) is 5.41. The van der Waals surface area contributed by atoms with Crippen molar-refractivity contribution in [3.05, 3.63) is 29.8 Å². The molecule has 0 aliphatic rings. The molecule has 0 saturated carbocycles. The van der Waals surface area contributed by atoms with E-state index in [1.165, 1.54) is 0 Å². The monoisotopic (exact) mass is 279 g/mol. The summed E-state index contributed by atoms with van der Waals surface area (Å²) < 4.78 is 5.18. The molecule has 1 amide bonds. The number of nitrogens with one attached hydrogen (secondary N) is 1. The Morgan fingerprint density at radius 3 is 2.45 bits per heavy atom. The molecule has 0 heterocycles. The molecular weight excluding hydrogens is 258 g/mol. The van der Waals surface area contributed by atoms with Crippen molar-refractivity contribution >= 4 is 17.6 Å². The molecule has 1 aromatic carbocycles. The van der Waals surface area contributed by atoms with E-state index in [2.05, 4.69) is 5.32 Å². The number of hydrogen-bond donors (Lipinski definition) is 3. The fraction of sp³-hybridized carbons (Fsp3) is 0.429. The minimum atomic E-state index is -0.919. The molecule has 0 radical (unpaired) electrons. The molecule has 5 N–H and O–H groups in total. The second kappa shape index (κ2) is 6.38. The van der Waals surface area contributed by atoms with Crippen LogP contribution < -0.4 is 16.8 Å². The number of carbonyl (C=O) groups excluding carboxylic acids is 2. The normalized spacial score (nSPS) is 12.6. The third-order valence-corrected chi connectivity index (χ3v) is 2.45. The molecular formula is C14H21N3O3. The number of nitrogens with two attached hydrogens (primary N) is 2. The molecule has 0 aliphatic heterocycles. The Morgan fingerprint density at radius 2 is 1.90 bits per heavy atom. The fourth-order valence-corrected chi connectivity index (χ4v) is 1.63. The standard InChI is InChI=1S/C14H21N3O3/c1-14(2,3)20-11(18)8-17-10-7-5-4-6-9(10)12(15)13(16)19/h4-7,12,17H,8,15H2,1-3H3,(H2,16,19). The lowest BCUT2D eigenvalue weighted by Gasteiger charge is -2.20. The minimum absolute atomic E-state index is 0.0141. The van der Waals surface area contributed by atoms with Gasteiger partial charge >= 0.3 is 5.97 Å². The van der Waals surface area contributed by atoms with E-state index in [-0.39, 0.29) is 12.5 Å². The highest BCUT2D eigenvalue weighted by atomic mass is 16.6. The smallest absolute Gasteiger partial charge is 0.325 e. The van der Waals surface area contributed by atoms with E-state index >= 15 is 0 Å². The topological polar surface area (TPSA) is 107 Å². The van der Waals surface area contributed by atoms with Gasteiger partial charge in [0.25, 0.3) is 0 Å². The van der Waals surface area contributed by atoms with Crippen LogP contribution in [0.25, 0.3) is 0 Å². The molecule has 0 aromatic heterocycles. The largest absolute Gasteiger partial charge is 0.459 e. The van der Waals surface area contributed by atoms with Gasteiger partial charge in [-0.05, 0) is 26.8 Å². The van der Waals surface area contributed by atoms with Crippen LogP contribution in [0.4, 0.5) is 5.69 Å². The third kappa shape index (κ3) is 4.89. The number of ether oxygens (including phenoxy) is 1. The lowest BCUT2D eigenvalue weighted by atomic mass is 10.0. The molecule has 0 bridgehead atoms. The minimum Gasteiger partial charge on any atom is -0.459 e. The first-order valence-corrected chi connectivity index (χ1v) is 6.30. The van der Waals surface area contributed by atoms with Gasteiger partial charge in [-0.2, -0.15) is 0 Å². The number of esters is 1. The first-order valence-electron chi connectivity index (χ1n) is 6.30. The maximum absolute atomic E-state index is 11.6. The van der Waals surface area contributed by atoms with Gasteiger partial charge in [0, 0.05) is 11.3 Å². The van der Waals surface area contributed by atoms with Gasteiger partial charge in [-0.15, -0.1) is 0 Å². The second-order valence-corrected chi connectivity index (χ2v) is 5.41. The molecule has 1 atom stereocenters. The van der Waals surface area contributed by atoms with Gasteiger partial charge in [0.15, 0.2) is 0 Å². The van der Waals surface area contributed by atoms with Crippen molar-refractivity contribution < 1.29 is 14.3 Å². The molecule has 1 rings (SSSR count). The van der Waals surface area contributed by atoms with E-state index in [0.29, 0.717) is 11.3 Å². The van der Waals surface area contributed by atoms with Gasteiger partial charge in [0.1, 0.15) is 18.2 Å². The number of rotatable bonds is 5. The first kappa shape index (κ1) is 16.0. The number of carbonyl (C=O) groups is 2. The molecule has 1 unspecified atom stereocenters. The Kier molecular flexibility index (Phi) is 5.10.